The fourth-order valence-corrected chi connectivity index (χ4v) is 11.1. The van der Waals surface area contributed by atoms with Crippen LogP contribution in [-0.4, -0.2) is 12.1 Å². The number of Topliss-reactive ketones (excluding diaryl/α,β-unsaturated/α-hetero) is 1. The summed E-state index contributed by atoms with van der Waals surface area (Å²) in [7, 11) is 0. The van der Waals surface area contributed by atoms with Crippen molar-refractivity contribution in [3.8, 4) is 0 Å². The Balaban J connectivity index is 1.55. The van der Waals surface area contributed by atoms with Gasteiger partial charge in [-0.05, 0) is 109 Å². The first-order chi connectivity index (χ1) is 14.8. The van der Waals surface area contributed by atoms with E-state index in [1.165, 1.54) is 51.2 Å². The van der Waals surface area contributed by atoms with Crippen LogP contribution in [-0.2, 0) is 9.59 Å². The topological polar surface area (TPSA) is 34.1 Å². The molecule has 0 N–H and O–H groups in total. The van der Waals surface area contributed by atoms with E-state index in [-0.39, 0.29) is 16.7 Å². The van der Waals surface area contributed by atoms with Crippen LogP contribution in [0.2, 0.25) is 0 Å². The monoisotopic (exact) mass is 440 g/mol. The number of aldehydes is 1. The lowest BCUT2D eigenvalue weighted by molar-refractivity contribution is -0.255. The molecular formula is C30H48O2. The van der Waals surface area contributed by atoms with Crippen molar-refractivity contribution >= 4 is 12.1 Å². The first kappa shape index (κ1) is 23.1. The van der Waals surface area contributed by atoms with Crippen molar-refractivity contribution in [1.29, 1.82) is 0 Å². The van der Waals surface area contributed by atoms with Crippen LogP contribution in [0.4, 0.5) is 0 Å². The average Bonchev–Trinajstić information content (AvgIpc) is 2.75. The van der Waals surface area contributed by atoms with Gasteiger partial charge in [-0.1, -0.05) is 48.5 Å². The standard InChI is InChI=1S/C30H48O2/c1-20-21(32)8-9-22-27(20,4)11-10-23-28(22,5)15-17-30(7)24-18-25(2,19-31)12-13-26(24,3)14-16-29(23,30)6/h19-20,22-24H,8-18H2,1-7H3/t20-,22+,23+,24+,25-,26+,27+,28-,29+,30-/m0/s1. The van der Waals surface area contributed by atoms with E-state index in [2.05, 4.69) is 48.5 Å². The lowest BCUT2D eigenvalue weighted by atomic mass is 9.30. The molecule has 5 aliphatic carbocycles. The predicted octanol–water partition coefficient (Wildman–Crippen LogP) is 7.64. The Bertz CT molecular complexity index is 833. The number of ketones is 1. The molecule has 0 spiro atoms. The lowest BCUT2D eigenvalue weighted by Crippen LogP contribution is -2.67. The molecule has 32 heavy (non-hydrogen) atoms. The van der Waals surface area contributed by atoms with Crippen LogP contribution < -0.4 is 0 Å². The molecule has 0 aromatic carbocycles. The quantitative estimate of drug-likeness (QED) is 0.393. The zero-order chi connectivity index (χ0) is 23.4. The normalized spacial score (nSPS) is 59.9. The fraction of sp³-hybridized carbons (Fsp3) is 0.933. The molecule has 5 rings (SSSR count). The average molecular weight is 441 g/mol. The van der Waals surface area contributed by atoms with E-state index in [0.29, 0.717) is 39.3 Å². The van der Waals surface area contributed by atoms with Crippen LogP contribution in [0.1, 0.15) is 119 Å². The molecule has 2 nitrogen and oxygen atoms in total. The minimum Gasteiger partial charge on any atom is -0.303 e. The van der Waals surface area contributed by atoms with E-state index in [9.17, 15) is 9.59 Å². The maximum Gasteiger partial charge on any atom is 0.136 e. The van der Waals surface area contributed by atoms with Gasteiger partial charge in [0, 0.05) is 17.8 Å². The van der Waals surface area contributed by atoms with Gasteiger partial charge in [-0.25, -0.2) is 0 Å². The van der Waals surface area contributed by atoms with E-state index in [1.807, 2.05) is 0 Å². The van der Waals surface area contributed by atoms with Crippen LogP contribution in [0.25, 0.3) is 0 Å². The predicted molar refractivity (Wildman–Crippen MR) is 130 cm³/mol. The Morgan fingerprint density at radius 3 is 2.03 bits per heavy atom. The lowest BCUT2D eigenvalue weighted by Gasteiger charge is -2.74. The van der Waals surface area contributed by atoms with Gasteiger partial charge < -0.3 is 4.79 Å². The number of carbonyl (C=O) groups excluding carboxylic acids is 2. The van der Waals surface area contributed by atoms with Gasteiger partial charge in [0.15, 0.2) is 0 Å². The first-order valence-corrected chi connectivity index (χ1v) is 13.8. The summed E-state index contributed by atoms with van der Waals surface area (Å²) in [6, 6.07) is 0. The van der Waals surface area contributed by atoms with Crippen LogP contribution in [0.3, 0.4) is 0 Å². The van der Waals surface area contributed by atoms with Gasteiger partial charge in [0.05, 0.1) is 0 Å². The number of rotatable bonds is 1. The van der Waals surface area contributed by atoms with E-state index < -0.39 is 0 Å². The van der Waals surface area contributed by atoms with Crippen LogP contribution in [0.5, 0.6) is 0 Å². The minimum absolute atomic E-state index is 0.128. The Labute approximate surface area is 197 Å². The third kappa shape index (κ3) is 2.65. The van der Waals surface area contributed by atoms with Crippen molar-refractivity contribution in [2.75, 3.05) is 0 Å². The van der Waals surface area contributed by atoms with Gasteiger partial charge in [0.2, 0.25) is 0 Å². The van der Waals surface area contributed by atoms with Crippen molar-refractivity contribution in [3.63, 3.8) is 0 Å². The molecule has 0 saturated heterocycles. The molecule has 180 valence electrons. The molecule has 0 aliphatic heterocycles. The van der Waals surface area contributed by atoms with Crippen molar-refractivity contribution < 1.29 is 9.59 Å². The molecule has 0 bridgehead atoms. The summed E-state index contributed by atoms with van der Waals surface area (Å²) >= 11 is 0. The van der Waals surface area contributed by atoms with Crippen LogP contribution in [0.15, 0.2) is 0 Å². The molecule has 0 heterocycles. The molecule has 0 aromatic rings. The SMILES string of the molecule is C[C@H]1C(=O)CC[C@H]2[C@]3(C)CC[C@@]4(C)[C@@H]5C[C@@](C)(C=O)CC[C@]5(C)CC[C@]4(C)[C@@H]3CC[C@@]21C. The Morgan fingerprint density at radius 1 is 0.719 bits per heavy atom. The van der Waals surface area contributed by atoms with Crippen LogP contribution in [0, 0.1) is 56.2 Å². The molecule has 5 saturated carbocycles. The highest BCUT2D eigenvalue weighted by atomic mass is 16.1. The molecular weight excluding hydrogens is 392 g/mol. The summed E-state index contributed by atoms with van der Waals surface area (Å²) < 4.78 is 0. The van der Waals surface area contributed by atoms with Gasteiger partial charge in [-0.2, -0.15) is 0 Å². The van der Waals surface area contributed by atoms with Gasteiger partial charge >= 0.3 is 0 Å². The summed E-state index contributed by atoms with van der Waals surface area (Å²) in [6.07, 6.45) is 14.4. The Hall–Kier alpha value is -0.660. The largest absolute Gasteiger partial charge is 0.303 e. The van der Waals surface area contributed by atoms with E-state index >= 15 is 0 Å². The van der Waals surface area contributed by atoms with Crippen molar-refractivity contribution in [3.05, 3.63) is 0 Å². The second kappa shape index (κ2) is 6.72. The smallest absolute Gasteiger partial charge is 0.136 e. The van der Waals surface area contributed by atoms with Crippen molar-refractivity contribution in [2.24, 2.45) is 56.2 Å². The molecule has 0 aromatic heterocycles. The summed E-state index contributed by atoms with van der Waals surface area (Å²) in [5, 5.41) is 0. The molecule has 0 radical (unpaired) electrons. The number of hydrogen-bond acceptors (Lipinski definition) is 2. The van der Waals surface area contributed by atoms with E-state index in [4.69, 9.17) is 0 Å². The third-order valence-corrected chi connectivity index (χ3v) is 13.8. The highest BCUT2D eigenvalue weighted by Gasteiger charge is 2.71. The molecule has 0 amide bonds. The Kier molecular flexibility index (Phi) is 4.85. The van der Waals surface area contributed by atoms with Crippen molar-refractivity contribution in [2.45, 2.75) is 119 Å². The highest BCUT2D eigenvalue weighted by molar-refractivity contribution is 5.82. The summed E-state index contributed by atoms with van der Waals surface area (Å²) in [4.78, 5) is 24.8. The number of carbonyl (C=O) groups is 2. The van der Waals surface area contributed by atoms with Crippen LogP contribution >= 0.6 is 0 Å². The first-order valence-electron chi connectivity index (χ1n) is 13.8. The second-order valence-corrected chi connectivity index (χ2v) is 14.9. The zero-order valence-corrected chi connectivity index (χ0v) is 22.0. The second-order valence-electron chi connectivity index (χ2n) is 14.9. The molecule has 10 atom stereocenters. The van der Waals surface area contributed by atoms with E-state index in [1.54, 1.807) is 0 Å². The summed E-state index contributed by atoms with van der Waals surface area (Å²) in [5.41, 5.74) is 1.48. The summed E-state index contributed by atoms with van der Waals surface area (Å²) in [6.45, 7) is 17.4. The highest BCUT2D eigenvalue weighted by Crippen LogP contribution is 2.78. The maximum absolute atomic E-state index is 12.7. The number of hydrogen-bond donors (Lipinski definition) is 0. The van der Waals surface area contributed by atoms with Gasteiger partial charge in [0.1, 0.15) is 12.1 Å². The van der Waals surface area contributed by atoms with E-state index in [0.717, 1.165) is 31.6 Å². The molecule has 5 aliphatic rings. The maximum atomic E-state index is 12.7. The summed E-state index contributed by atoms with van der Waals surface area (Å²) in [5.74, 6) is 2.83. The van der Waals surface area contributed by atoms with Crippen molar-refractivity contribution in [1.82, 2.24) is 0 Å². The molecule has 0 unspecified atom stereocenters. The number of fused-ring (bicyclic) bond motifs is 7. The van der Waals surface area contributed by atoms with Gasteiger partial charge in [0.25, 0.3) is 0 Å². The molecule has 2 heteroatoms. The third-order valence-electron chi connectivity index (χ3n) is 13.8. The zero-order valence-electron chi connectivity index (χ0n) is 22.0. The van der Waals surface area contributed by atoms with Gasteiger partial charge in [-0.3, -0.25) is 4.79 Å². The minimum atomic E-state index is -0.128. The van der Waals surface area contributed by atoms with Gasteiger partial charge in [-0.15, -0.1) is 0 Å². The Morgan fingerprint density at radius 2 is 1.34 bits per heavy atom. The molecule has 5 fully saturated rings. The fourth-order valence-electron chi connectivity index (χ4n) is 11.1.